The first kappa shape index (κ1) is 12.6. The first-order valence-electron chi connectivity index (χ1n) is 6.16. The average Bonchev–Trinajstić information content (AvgIpc) is 2.81. The number of rotatable bonds is 1. The molecule has 5 heteroatoms. The van der Waals surface area contributed by atoms with Crippen LogP contribution in [0, 0.1) is 11.6 Å². The third-order valence-corrected chi connectivity index (χ3v) is 3.40. The predicted octanol–water partition coefficient (Wildman–Crippen LogP) is 2.70. The third kappa shape index (κ3) is 2.11. The Balaban J connectivity index is 1.87. The molecule has 0 unspecified atom stereocenters. The highest BCUT2D eigenvalue weighted by molar-refractivity contribution is 5.94. The van der Waals surface area contributed by atoms with Crippen molar-refractivity contribution in [2.75, 3.05) is 5.73 Å². The number of nitrogens with two attached hydrogens (primary N) is 1. The maximum atomic E-state index is 13.6. The highest BCUT2D eigenvalue weighted by Crippen LogP contribution is 2.26. The fourth-order valence-electron chi connectivity index (χ4n) is 2.39. The van der Waals surface area contributed by atoms with Crippen LogP contribution in [0.25, 0.3) is 0 Å². The lowest BCUT2D eigenvalue weighted by Gasteiger charge is -2.15. The molecule has 0 radical (unpaired) electrons. The van der Waals surface area contributed by atoms with E-state index >= 15 is 0 Å². The van der Waals surface area contributed by atoms with E-state index in [0.29, 0.717) is 24.8 Å². The fourth-order valence-corrected chi connectivity index (χ4v) is 2.39. The van der Waals surface area contributed by atoms with Gasteiger partial charge in [-0.1, -0.05) is 6.07 Å². The third-order valence-electron chi connectivity index (χ3n) is 3.40. The zero-order chi connectivity index (χ0) is 14.3. The van der Waals surface area contributed by atoms with Crippen molar-refractivity contribution in [3.8, 4) is 0 Å². The van der Waals surface area contributed by atoms with Gasteiger partial charge in [0, 0.05) is 24.8 Å². The number of nitrogen functional groups attached to an aromatic ring is 1. The summed E-state index contributed by atoms with van der Waals surface area (Å²) < 4.78 is 26.5. The SMILES string of the molecule is Nc1ccc2c(c1)CN(C(=O)c1ccc(F)cc1F)C2. The molecule has 2 aromatic rings. The molecule has 1 heterocycles. The van der Waals surface area contributed by atoms with Crippen molar-refractivity contribution in [1.82, 2.24) is 4.90 Å². The Morgan fingerprint density at radius 3 is 2.55 bits per heavy atom. The second kappa shape index (κ2) is 4.59. The number of carbonyl (C=O) groups is 1. The Bertz CT molecular complexity index is 700. The minimum absolute atomic E-state index is 0.118. The van der Waals surface area contributed by atoms with Gasteiger partial charge in [-0.05, 0) is 35.4 Å². The molecule has 1 amide bonds. The summed E-state index contributed by atoms with van der Waals surface area (Å²) in [5.41, 5.74) is 8.17. The Labute approximate surface area is 114 Å². The van der Waals surface area contributed by atoms with Crippen LogP contribution in [-0.2, 0) is 13.1 Å². The van der Waals surface area contributed by atoms with Gasteiger partial charge in [0.1, 0.15) is 11.6 Å². The van der Waals surface area contributed by atoms with Gasteiger partial charge in [0.25, 0.3) is 5.91 Å². The smallest absolute Gasteiger partial charge is 0.257 e. The standard InChI is InChI=1S/C15H12F2N2O/c16-11-2-4-13(14(17)6-11)15(20)19-7-9-1-3-12(18)5-10(9)8-19/h1-6H,7-8,18H2. The normalized spacial score (nSPS) is 13.4. The molecule has 102 valence electrons. The van der Waals surface area contributed by atoms with Crippen LogP contribution in [0.15, 0.2) is 36.4 Å². The van der Waals surface area contributed by atoms with Gasteiger partial charge >= 0.3 is 0 Å². The lowest BCUT2D eigenvalue weighted by molar-refractivity contribution is 0.0746. The van der Waals surface area contributed by atoms with E-state index in [4.69, 9.17) is 5.73 Å². The van der Waals surface area contributed by atoms with Gasteiger partial charge < -0.3 is 10.6 Å². The zero-order valence-corrected chi connectivity index (χ0v) is 10.6. The summed E-state index contributed by atoms with van der Waals surface area (Å²) >= 11 is 0. The minimum atomic E-state index is -0.842. The highest BCUT2D eigenvalue weighted by Gasteiger charge is 2.26. The number of hydrogen-bond acceptors (Lipinski definition) is 2. The molecule has 0 saturated carbocycles. The average molecular weight is 274 g/mol. The van der Waals surface area contributed by atoms with Crippen molar-refractivity contribution < 1.29 is 13.6 Å². The maximum Gasteiger partial charge on any atom is 0.257 e. The highest BCUT2D eigenvalue weighted by atomic mass is 19.1. The van der Waals surface area contributed by atoms with E-state index < -0.39 is 17.5 Å². The molecule has 0 atom stereocenters. The summed E-state index contributed by atoms with van der Waals surface area (Å²) in [4.78, 5) is 13.8. The van der Waals surface area contributed by atoms with Crippen LogP contribution in [0.4, 0.5) is 14.5 Å². The van der Waals surface area contributed by atoms with E-state index in [9.17, 15) is 13.6 Å². The van der Waals surface area contributed by atoms with Crippen LogP contribution in [0.5, 0.6) is 0 Å². The Morgan fingerprint density at radius 1 is 1.05 bits per heavy atom. The van der Waals surface area contributed by atoms with E-state index in [2.05, 4.69) is 0 Å². The molecular weight excluding hydrogens is 262 g/mol. The van der Waals surface area contributed by atoms with Crippen LogP contribution in [0.1, 0.15) is 21.5 Å². The molecule has 1 aliphatic rings. The molecule has 0 aromatic heterocycles. The number of hydrogen-bond donors (Lipinski definition) is 1. The summed E-state index contributed by atoms with van der Waals surface area (Å²) in [5, 5.41) is 0. The molecule has 0 aliphatic carbocycles. The number of anilines is 1. The number of fused-ring (bicyclic) bond motifs is 1. The molecule has 3 nitrogen and oxygen atoms in total. The number of halogens is 2. The van der Waals surface area contributed by atoms with Gasteiger partial charge in [-0.2, -0.15) is 0 Å². The Morgan fingerprint density at radius 2 is 1.80 bits per heavy atom. The monoisotopic (exact) mass is 274 g/mol. The van der Waals surface area contributed by atoms with Crippen LogP contribution in [0.3, 0.4) is 0 Å². The predicted molar refractivity (Wildman–Crippen MR) is 70.8 cm³/mol. The van der Waals surface area contributed by atoms with Crippen LogP contribution in [-0.4, -0.2) is 10.8 Å². The van der Waals surface area contributed by atoms with Gasteiger partial charge in [0.2, 0.25) is 0 Å². The van der Waals surface area contributed by atoms with Gasteiger partial charge in [-0.25, -0.2) is 8.78 Å². The zero-order valence-electron chi connectivity index (χ0n) is 10.6. The number of benzene rings is 2. The largest absolute Gasteiger partial charge is 0.399 e. The molecular formula is C15H12F2N2O. The van der Waals surface area contributed by atoms with Crippen LogP contribution < -0.4 is 5.73 Å². The van der Waals surface area contributed by atoms with E-state index in [1.807, 2.05) is 12.1 Å². The Hall–Kier alpha value is -2.43. The van der Waals surface area contributed by atoms with Crippen molar-refractivity contribution in [1.29, 1.82) is 0 Å². The van der Waals surface area contributed by atoms with Crippen LogP contribution in [0.2, 0.25) is 0 Å². The molecule has 0 fully saturated rings. The van der Waals surface area contributed by atoms with Crippen molar-refractivity contribution in [2.24, 2.45) is 0 Å². The molecule has 3 rings (SSSR count). The molecule has 1 aliphatic heterocycles. The second-order valence-electron chi connectivity index (χ2n) is 4.81. The van der Waals surface area contributed by atoms with Crippen molar-refractivity contribution in [3.05, 3.63) is 64.7 Å². The van der Waals surface area contributed by atoms with Crippen molar-refractivity contribution in [3.63, 3.8) is 0 Å². The van der Waals surface area contributed by atoms with E-state index in [0.717, 1.165) is 17.2 Å². The number of nitrogens with zero attached hydrogens (tertiary/aromatic N) is 1. The number of carbonyl (C=O) groups excluding carboxylic acids is 1. The molecule has 20 heavy (non-hydrogen) atoms. The van der Waals surface area contributed by atoms with E-state index in [1.54, 1.807) is 6.07 Å². The molecule has 0 spiro atoms. The van der Waals surface area contributed by atoms with Gasteiger partial charge in [-0.3, -0.25) is 4.79 Å². The van der Waals surface area contributed by atoms with E-state index in [-0.39, 0.29) is 5.56 Å². The molecule has 0 bridgehead atoms. The topological polar surface area (TPSA) is 46.3 Å². The first-order chi connectivity index (χ1) is 9.54. The van der Waals surface area contributed by atoms with E-state index in [1.165, 1.54) is 11.0 Å². The lowest BCUT2D eigenvalue weighted by atomic mass is 10.1. The Kier molecular flexibility index (Phi) is 2.89. The molecule has 0 saturated heterocycles. The van der Waals surface area contributed by atoms with Gasteiger partial charge in [-0.15, -0.1) is 0 Å². The minimum Gasteiger partial charge on any atom is -0.399 e. The fraction of sp³-hybridized carbons (Fsp3) is 0.133. The van der Waals surface area contributed by atoms with Crippen LogP contribution >= 0.6 is 0 Å². The second-order valence-corrected chi connectivity index (χ2v) is 4.81. The molecule has 2 N–H and O–H groups in total. The summed E-state index contributed by atoms with van der Waals surface area (Å²) in [5.74, 6) is -1.99. The quantitative estimate of drug-likeness (QED) is 0.813. The van der Waals surface area contributed by atoms with Gasteiger partial charge in [0.15, 0.2) is 0 Å². The van der Waals surface area contributed by atoms with Crippen molar-refractivity contribution in [2.45, 2.75) is 13.1 Å². The lowest BCUT2D eigenvalue weighted by Crippen LogP contribution is -2.26. The van der Waals surface area contributed by atoms with Crippen molar-refractivity contribution >= 4 is 11.6 Å². The summed E-state index contributed by atoms with van der Waals surface area (Å²) in [6.07, 6.45) is 0. The number of amides is 1. The van der Waals surface area contributed by atoms with Gasteiger partial charge in [0.05, 0.1) is 5.56 Å². The summed E-state index contributed by atoms with van der Waals surface area (Å²) in [7, 11) is 0. The summed E-state index contributed by atoms with van der Waals surface area (Å²) in [6, 6.07) is 8.41. The first-order valence-corrected chi connectivity index (χ1v) is 6.16. The summed E-state index contributed by atoms with van der Waals surface area (Å²) in [6.45, 7) is 0.793. The molecule has 2 aromatic carbocycles. The maximum absolute atomic E-state index is 13.6.